The molecular formula is C64H36N6. The van der Waals surface area contributed by atoms with E-state index in [1.165, 1.54) is 0 Å². The van der Waals surface area contributed by atoms with Gasteiger partial charge < -0.3 is 18.3 Å². The van der Waals surface area contributed by atoms with Gasteiger partial charge in [-0.2, -0.15) is 10.5 Å². The maximum absolute atomic E-state index is 11.4. The number of hydrogen-bond acceptors (Lipinski definition) is 2. The second-order valence-corrected chi connectivity index (χ2v) is 18.3. The van der Waals surface area contributed by atoms with Crippen molar-refractivity contribution < 1.29 is 0 Å². The average Bonchev–Trinajstić information content (AvgIpc) is 4.14. The van der Waals surface area contributed by atoms with Crippen LogP contribution < -0.4 is 0 Å². The lowest BCUT2D eigenvalue weighted by Gasteiger charge is -2.16. The minimum Gasteiger partial charge on any atom is -0.309 e. The monoisotopic (exact) mass is 888 g/mol. The van der Waals surface area contributed by atoms with E-state index in [9.17, 15) is 10.5 Å². The number of hydrogen-bond donors (Lipinski definition) is 0. The molecule has 70 heavy (non-hydrogen) atoms. The van der Waals surface area contributed by atoms with Crippen LogP contribution in [0.1, 0.15) is 11.1 Å². The first-order valence-electron chi connectivity index (χ1n) is 23.5. The molecular weight excluding hydrogens is 853 g/mol. The van der Waals surface area contributed by atoms with Gasteiger partial charge in [0, 0.05) is 54.5 Å². The molecule has 0 radical (unpaired) electrons. The van der Waals surface area contributed by atoms with Gasteiger partial charge in [-0.05, 0) is 106 Å². The molecule has 0 saturated heterocycles. The fourth-order valence-corrected chi connectivity index (χ4v) is 11.9. The molecule has 0 saturated carbocycles. The third kappa shape index (κ3) is 5.14. The van der Waals surface area contributed by atoms with E-state index in [4.69, 9.17) is 0 Å². The zero-order valence-electron chi connectivity index (χ0n) is 37.5. The van der Waals surface area contributed by atoms with Crippen LogP contribution in [0.25, 0.3) is 132 Å². The van der Waals surface area contributed by atoms with Crippen LogP contribution in [0.2, 0.25) is 0 Å². The van der Waals surface area contributed by atoms with Crippen molar-refractivity contribution in [3.05, 3.63) is 230 Å². The van der Waals surface area contributed by atoms with Crippen LogP contribution in [0.15, 0.2) is 218 Å². The summed E-state index contributed by atoms with van der Waals surface area (Å²) in [6.45, 7) is 0. The molecule has 0 atom stereocenters. The predicted octanol–water partition coefficient (Wildman–Crippen LogP) is 16.1. The molecule has 15 rings (SSSR count). The predicted molar refractivity (Wildman–Crippen MR) is 288 cm³/mol. The standard InChI is InChI=1S/C64H36N6/c65-37-41-32-58(70-56-30-28-40-16-8-10-22-46(40)64(56)52-36-60-50(34-62(52)70)48-24-12-14-26-54(48)68(60)44-19-5-2-6-20-44)42(38-66)31-57(41)69-55-29-27-39-15-7-9-21-45(39)63(55)51-35-59-49(33-61(51)69)47-23-11-13-25-53(47)67(59)43-17-3-1-4-18-43/h1-36H. The second-order valence-electron chi connectivity index (χ2n) is 18.3. The minimum absolute atomic E-state index is 0.463. The maximum atomic E-state index is 11.4. The molecule has 0 aliphatic rings. The number of benzene rings is 11. The van der Waals surface area contributed by atoms with E-state index in [0.29, 0.717) is 22.5 Å². The Morgan fingerprint density at radius 1 is 0.257 bits per heavy atom. The third-order valence-corrected chi connectivity index (χ3v) is 14.8. The third-order valence-electron chi connectivity index (χ3n) is 14.8. The SMILES string of the molecule is N#Cc1cc(-n2c3cc4c5ccccc5n(-c5ccccc5)c4cc3c3c4ccccc4ccc32)c(C#N)cc1-n1c2cc3c4ccccc4n(-c4ccccc4)c3cc2c2c3ccccc3ccc21. The molecule has 0 aliphatic carbocycles. The van der Waals surface area contributed by atoms with Gasteiger partial charge in [-0.25, -0.2) is 0 Å². The number of aromatic nitrogens is 4. The smallest absolute Gasteiger partial charge is 0.101 e. The molecule has 0 bridgehead atoms. The lowest BCUT2D eigenvalue weighted by molar-refractivity contribution is 1.12. The summed E-state index contributed by atoms with van der Waals surface area (Å²) in [5.41, 5.74) is 12.7. The molecule has 4 heterocycles. The number of nitrogens with zero attached hydrogens (tertiary/aromatic N) is 6. The number of rotatable bonds is 4. The molecule has 11 aromatic carbocycles. The van der Waals surface area contributed by atoms with Gasteiger partial charge in [-0.3, -0.25) is 0 Å². The van der Waals surface area contributed by atoms with Gasteiger partial charge in [0.05, 0.1) is 66.6 Å². The highest BCUT2D eigenvalue weighted by Gasteiger charge is 2.25. The zero-order chi connectivity index (χ0) is 46.2. The van der Waals surface area contributed by atoms with Crippen molar-refractivity contribution in [1.29, 1.82) is 10.5 Å². The fourth-order valence-electron chi connectivity index (χ4n) is 11.9. The van der Waals surface area contributed by atoms with E-state index in [2.05, 4.69) is 237 Å². The topological polar surface area (TPSA) is 67.3 Å². The largest absolute Gasteiger partial charge is 0.309 e. The van der Waals surface area contributed by atoms with E-state index in [-0.39, 0.29) is 0 Å². The van der Waals surface area contributed by atoms with Crippen LogP contribution in [-0.2, 0) is 0 Å². The Hall–Kier alpha value is -9.88. The highest BCUT2D eigenvalue weighted by Crippen LogP contribution is 2.45. The minimum atomic E-state index is 0.463. The summed E-state index contributed by atoms with van der Waals surface area (Å²) in [5.74, 6) is 0. The van der Waals surface area contributed by atoms with Gasteiger partial charge in [0.25, 0.3) is 0 Å². The first-order chi connectivity index (χ1) is 34.7. The van der Waals surface area contributed by atoms with Gasteiger partial charge in [0.1, 0.15) is 12.1 Å². The Morgan fingerprint density at radius 3 is 1.04 bits per heavy atom. The van der Waals surface area contributed by atoms with Crippen LogP contribution >= 0.6 is 0 Å². The van der Waals surface area contributed by atoms with Crippen LogP contribution in [0.3, 0.4) is 0 Å². The van der Waals surface area contributed by atoms with Crippen molar-refractivity contribution >= 4 is 109 Å². The summed E-state index contributed by atoms with van der Waals surface area (Å²) in [7, 11) is 0. The molecule has 4 aromatic heterocycles. The van der Waals surface area contributed by atoms with Crippen molar-refractivity contribution in [3.8, 4) is 34.9 Å². The van der Waals surface area contributed by atoms with E-state index in [1.807, 2.05) is 12.1 Å². The number of nitriles is 2. The van der Waals surface area contributed by atoms with Crippen molar-refractivity contribution in [2.45, 2.75) is 0 Å². The molecule has 6 heteroatoms. The summed E-state index contributed by atoms with van der Waals surface area (Å²) < 4.78 is 9.14. The zero-order valence-corrected chi connectivity index (χ0v) is 37.5. The van der Waals surface area contributed by atoms with Crippen molar-refractivity contribution in [2.24, 2.45) is 0 Å². The maximum Gasteiger partial charge on any atom is 0.101 e. The van der Waals surface area contributed by atoms with Gasteiger partial charge >= 0.3 is 0 Å². The second kappa shape index (κ2) is 14.3. The van der Waals surface area contributed by atoms with Crippen LogP contribution in [0.4, 0.5) is 0 Å². The Balaban J connectivity index is 1.06. The number of para-hydroxylation sites is 4. The summed E-state index contributed by atoms with van der Waals surface area (Å²) in [6, 6.07) is 82.3. The number of fused-ring (bicyclic) bond motifs is 16. The highest BCUT2D eigenvalue weighted by molar-refractivity contribution is 6.27. The summed E-state index contributed by atoms with van der Waals surface area (Å²) in [5, 5.41) is 36.2. The average molecular weight is 889 g/mol. The molecule has 6 nitrogen and oxygen atoms in total. The van der Waals surface area contributed by atoms with Crippen LogP contribution in [0.5, 0.6) is 0 Å². The van der Waals surface area contributed by atoms with E-state index < -0.39 is 0 Å². The van der Waals surface area contributed by atoms with E-state index in [0.717, 1.165) is 120 Å². The van der Waals surface area contributed by atoms with Crippen LogP contribution in [-0.4, -0.2) is 18.3 Å². The van der Waals surface area contributed by atoms with E-state index >= 15 is 0 Å². The molecule has 0 unspecified atom stereocenters. The molecule has 322 valence electrons. The summed E-state index contributed by atoms with van der Waals surface area (Å²) in [4.78, 5) is 0. The Morgan fingerprint density at radius 2 is 0.614 bits per heavy atom. The summed E-state index contributed by atoms with van der Waals surface area (Å²) >= 11 is 0. The molecule has 0 amide bonds. The Bertz CT molecular complexity index is 4530. The molecule has 0 N–H and O–H groups in total. The lowest BCUT2D eigenvalue weighted by Crippen LogP contribution is -2.04. The van der Waals surface area contributed by atoms with Gasteiger partial charge in [0.2, 0.25) is 0 Å². The highest BCUT2D eigenvalue weighted by atomic mass is 15.0. The first-order valence-corrected chi connectivity index (χ1v) is 23.5. The fraction of sp³-hybridized carbons (Fsp3) is 0. The van der Waals surface area contributed by atoms with Crippen LogP contribution in [0, 0.1) is 22.7 Å². The summed E-state index contributed by atoms with van der Waals surface area (Å²) in [6.07, 6.45) is 0. The quantitative estimate of drug-likeness (QED) is 0.177. The van der Waals surface area contributed by atoms with Crippen molar-refractivity contribution in [1.82, 2.24) is 18.3 Å². The van der Waals surface area contributed by atoms with Crippen molar-refractivity contribution in [2.75, 3.05) is 0 Å². The van der Waals surface area contributed by atoms with Crippen molar-refractivity contribution in [3.63, 3.8) is 0 Å². The Labute approximate surface area is 400 Å². The normalized spacial score (nSPS) is 12.0. The Kier molecular flexibility index (Phi) is 7.82. The molecule has 15 aromatic rings. The van der Waals surface area contributed by atoms with Gasteiger partial charge in [-0.15, -0.1) is 0 Å². The van der Waals surface area contributed by atoms with E-state index in [1.54, 1.807) is 0 Å². The van der Waals surface area contributed by atoms with Gasteiger partial charge in [0.15, 0.2) is 0 Å². The lowest BCUT2D eigenvalue weighted by atomic mass is 10.0. The molecule has 0 aliphatic heterocycles. The van der Waals surface area contributed by atoms with Gasteiger partial charge in [-0.1, -0.05) is 133 Å². The molecule has 0 spiro atoms. The molecule has 0 fully saturated rings. The first kappa shape index (κ1) is 38.2.